The van der Waals surface area contributed by atoms with E-state index in [1.807, 2.05) is 6.07 Å². The van der Waals surface area contributed by atoms with E-state index < -0.39 is 11.7 Å². The molecule has 7 N–H and O–H groups in total. The van der Waals surface area contributed by atoms with Crippen molar-refractivity contribution in [1.82, 2.24) is 9.97 Å². The molecule has 0 aliphatic heterocycles. The summed E-state index contributed by atoms with van der Waals surface area (Å²) in [4.78, 5) is 32.8. The molecule has 10 heteroatoms. The number of primary amides is 1. The fraction of sp³-hybridized carbons (Fsp3) is 0.250. The second-order valence-corrected chi connectivity index (χ2v) is 8.19. The number of amides is 2. The summed E-state index contributed by atoms with van der Waals surface area (Å²) in [7, 11) is 0. The van der Waals surface area contributed by atoms with Crippen LogP contribution in [0.4, 0.5) is 27.4 Å². The number of benzene rings is 1. The van der Waals surface area contributed by atoms with Gasteiger partial charge in [0.2, 0.25) is 0 Å². The van der Waals surface area contributed by atoms with Crippen molar-refractivity contribution in [1.29, 1.82) is 0 Å². The van der Waals surface area contributed by atoms with Crippen molar-refractivity contribution in [3.63, 3.8) is 0 Å². The van der Waals surface area contributed by atoms with Gasteiger partial charge in [-0.3, -0.25) is 14.6 Å². The first-order valence-electron chi connectivity index (χ1n) is 11.0. The molecule has 0 saturated heterocycles. The highest BCUT2D eigenvalue weighted by Crippen LogP contribution is 2.27. The first-order chi connectivity index (χ1) is 16.4. The Hall–Kier alpha value is -4.05. The molecule has 2 unspecified atom stereocenters. The third-order valence-electron chi connectivity index (χ3n) is 5.68. The SMILES string of the molecule is NC(=O)c1cc(F)c(NC2CCCCC2N)nc1Nc1cncc(NC(=O)c2ccccc2)c1. The summed E-state index contributed by atoms with van der Waals surface area (Å²) < 4.78 is 14.7. The quantitative estimate of drug-likeness (QED) is 0.361. The molecule has 2 atom stereocenters. The summed E-state index contributed by atoms with van der Waals surface area (Å²) in [5.74, 6) is -1.78. The van der Waals surface area contributed by atoms with Crippen LogP contribution in [0.5, 0.6) is 0 Å². The average Bonchev–Trinajstić information content (AvgIpc) is 2.83. The first-order valence-corrected chi connectivity index (χ1v) is 11.0. The van der Waals surface area contributed by atoms with Crippen molar-refractivity contribution in [3.05, 3.63) is 71.8 Å². The van der Waals surface area contributed by atoms with Gasteiger partial charge in [-0.2, -0.15) is 0 Å². The fourth-order valence-corrected chi connectivity index (χ4v) is 3.89. The number of nitrogens with two attached hydrogens (primary N) is 2. The van der Waals surface area contributed by atoms with Crippen molar-refractivity contribution < 1.29 is 14.0 Å². The molecule has 176 valence electrons. The molecule has 4 rings (SSSR count). The minimum Gasteiger partial charge on any atom is -0.365 e. The number of nitrogens with one attached hydrogen (secondary N) is 3. The van der Waals surface area contributed by atoms with Gasteiger partial charge in [-0.1, -0.05) is 31.0 Å². The Morgan fingerprint density at radius 3 is 2.47 bits per heavy atom. The summed E-state index contributed by atoms with van der Waals surface area (Å²) in [5.41, 5.74) is 12.9. The lowest BCUT2D eigenvalue weighted by atomic mass is 9.91. The van der Waals surface area contributed by atoms with Crippen LogP contribution in [0.2, 0.25) is 0 Å². The van der Waals surface area contributed by atoms with Crippen LogP contribution < -0.4 is 27.4 Å². The van der Waals surface area contributed by atoms with E-state index in [4.69, 9.17) is 11.5 Å². The lowest BCUT2D eigenvalue weighted by molar-refractivity contribution is 0.0997. The molecule has 9 nitrogen and oxygen atoms in total. The highest BCUT2D eigenvalue weighted by atomic mass is 19.1. The van der Waals surface area contributed by atoms with Gasteiger partial charge in [0, 0.05) is 17.6 Å². The molecular formula is C24H26FN7O2. The molecule has 0 bridgehead atoms. The normalized spacial score (nSPS) is 17.6. The van der Waals surface area contributed by atoms with Crippen molar-refractivity contribution in [2.45, 2.75) is 37.8 Å². The standard InChI is InChI=1S/C24H26FN7O2/c25-18-11-17(21(27)33)22(32-23(18)31-20-9-5-4-8-19(20)26)29-15-10-16(13-28-12-15)30-24(34)14-6-2-1-3-7-14/h1-3,6-7,10-13,19-20H,4-5,8-9,26H2,(H2,27,33)(H,30,34)(H2,29,31,32). The smallest absolute Gasteiger partial charge is 0.255 e. The number of hydrogen-bond donors (Lipinski definition) is 5. The predicted octanol–water partition coefficient (Wildman–Crippen LogP) is 3.39. The Balaban J connectivity index is 1.57. The zero-order chi connectivity index (χ0) is 24.1. The Kier molecular flexibility index (Phi) is 6.98. The monoisotopic (exact) mass is 463 g/mol. The summed E-state index contributed by atoms with van der Waals surface area (Å²) >= 11 is 0. The Bertz CT molecular complexity index is 1190. The van der Waals surface area contributed by atoms with E-state index in [1.54, 1.807) is 30.3 Å². The number of rotatable bonds is 7. The third-order valence-corrected chi connectivity index (χ3v) is 5.68. The Morgan fingerprint density at radius 1 is 1.00 bits per heavy atom. The van der Waals surface area contributed by atoms with Gasteiger partial charge in [0.1, 0.15) is 5.82 Å². The zero-order valence-corrected chi connectivity index (χ0v) is 18.4. The van der Waals surface area contributed by atoms with Crippen molar-refractivity contribution >= 4 is 34.8 Å². The molecule has 34 heavy (non-hydrogen) atoms. The maximum Gasteiger partial charge on any atom is 0.255 e. The van der Waals surface area contributed by atoms with Gasteiger partial charge < -0.3 is 27.4 Å². The number of carbonyl (C=O) groups is 2. The largest absolute Gasteiger partial charge is 0.365 e. The summed E-state index contributed by atoms with van der Waals surface area (Å²) in [6.45, 7) is 0. The Morgan fingerprint density at radius 2 is 1.74 bits per heavy atom. The molecule has 1 aliphatic rings. The lowest BCUT2D eigenvalue weighted by Crippen LogP contribution is -2.43. The highest BCUT2D eigenvalue weighted by Gasteiger charge is 2.24. The van der Waals surface area contributed by atoms with Gasteiger partial charge in [-0.15, -0.1) is 0 Å². The predicted molar refractivity (Wildman–Crippen MR) is 128 cm³/mol. The number of halogens is 1. The fourth-order valence-electron chi connectivity index (χ4n) is 3.89. The van der Waals surface area contributed by atoms with Crippen LogP contribution in [-0.2, 0) is 0 Å². The van der Waals surface area contributed by atoms with Crippen LogP contribution in [0.3, 0.4) is 0 Å². The molecule has 2 aromatic heterocycles. The Labute approximate surface area is 196 Å². The van der Waals surface area contributed by atoms with E-state index in [0.717, 1.165) is 31.7 Å². The minimum atomic E-state index is -0.837. The van der Waals surface area contributed by atoms with Crippen LogP contribution >= 0.6 is 0 Å². The molecule has 1 aliphatic carbocycles. The number of hydrogen-bond acceptors (Lipinski definition) is 7. The van der Waals surface area contributed by atoms with Gasteiger partial charge >= 0.3 is 0 Å². The molecule has 0 radical (unpaired) electrons. The molecule has 2 amide bonds. The van der Waals surface area contributed by atoms with Gasteiger partial charge in [-0.25, -0.2) is 9.37 Å². The molecule has 2 heterocycles. The molecule has 1 saturated carbocycles. The number of nitrogens with zero attached hydrogens (tertiary/aromatic N) is 2. The molecule has 1 aromatic carbocycles. The number of anilines is 4. The maximum absolute atomic E-state index is 14.7. The van der Waals surface area contributed by atoms with Crippen LogP contribution in [0.25, 0.3) is 0 Å². The van der Waals surface area contributed by atoms with E-state index in [2.05, 4.69) is 25.9 Å². The zero-order valence-electron chi connectivity index (χ0n) is 18.4. The van der Waals surface area contributed by atoms with Crippen molar-refractivity contribution in [3.8, 4) is 0 Å². The van der Waals surface area contributed by atoms with E-state index in [0.29, 0.717) is 16.9 Å². The summed E-state index contributed by atoms with van der Waals surface area (Å²) in [6, 6.07) is 11.2. The molecule has 1 fully saturated rings. The number of pyridine rings is 2. The molecule has 0 spiro atoms. The second-order valence-electron chi connectivity index (χ2n) is 8.19. The van der Waals surface area contributed by atoms with E-state index in [-0.39, 0.29) is 35.2 Å². The topological polar surface area (TPSA) is 148 Å². The maximum atomic E-state index is 14.7. The van der Waals surface area contributed by atoms with Crippen LogP contribution in [-0.4, -0.2) is 33.9 Å². The van der Waals surface area contributed by atoms with Gasteiger partial charge in [0.05, 0.1) is 29.3 Å². The lowest BCUT2D eigenvalue weighted by Gasteiger charge is -2.30. The minimum absolute atomic E-state index is 0.0173. The molecule has 3 aromatic rings. The van der Waals surface area contributed by atoms with Crippen molar-refractivity contribution in [2.24, 2.45) is 11.5 Å². The van der Waals surface area contributed by atoms with Crippen LogP contribution in [0, 0.1) is 5.82 Å². The number of aromatic nitrogens is 2. The third kappa shape index (κ3) is 5.46. The number of carbonyl (C=O) groups excluding carboxylic acids is 2. The van der Waals surface area contributed by atoms with Gasteiger partial charge in [-0.05, 0) is 37.1 Å². The summed E-state index contributed by atoms with van der Waals surface area (Å²) in [6.07, 6.45) is 6.64. The van der Waals surface area contributed by atoms with Crippen LogP contribution in [0.15, 0.2) is 54.9 Å². The van der Waals surface area contributed by atoms with E-state index in [9.17, 15) is 14.0 Å². The molecular weight excluding hydrogens is 437 g/mol. The second kappa shape index (κ2) is 10.3. The average molecular weight is 464 g/mol. The van der Waals surface area contributed by atoms with E-state index in [1.165, 1.54) is 12.4 Å². The van der Waals surface area contributed by atoms with E-state index >= 15 is 0 Å². The van der Waals surface area contributed by atoms with Gasteiger partial charge in [0.25, 0.3) is 11.8 Å². The summed E-state index contributed by atoms with van der Waals surface area (Å²) in [5, 5.41) is 8.79. The van der Waals surface area contributed by atoms with Gasteiger partial charge in [0.15, 0.2) is 11.6 Å². The highest BCUT2D eigenvalue weighted by molar-refractivity contribution is 6.04. The first kappa shape index (κ1) is 23.1. The van der Waals surface area contributed by atoms with Crippen molar-refractivity contribution in [2.75, 3.05) is 16.0 Å². The van der Waals surface area contributed by atoms with Crippen LogP contribution in [0.1, 0.15) is 46.4 Å².